The molecule has 1 aliphatic rings. The summed E-state index contributed by atoms with van der Waals surface area (Å²) in [5.41, 5.74) is 2.12. The van der Waals surface area contributed by atoms with Crippen LogP contribution in [0.15, 0.2) is 41.5 Å². The Balaban J connectivity index is 0.00000256. The van der Waals surface area contributed by atoms with Crippen LogP contribution in [0.5, 0.6) is 0 Å². The number of guanidine groups is 1. The number of aliphatic imine (C=N–C) groups is 1. The summed E-state index contributed by atoms with van der Waals surface area (Å²) in [7, 11) is 3.43. The number of hydrogen-bond donors (Lipinski definition) is 3. The van der Waals surface area contributed by atoms with Gasteiger partial charge in [-0.05, 0) is 12.0 Å². The fourth-order valence-corrected chi connectivity index (χ4v) is 3.44. The third-order valence-corrected chi connectivity index (χ3v) is 4.88. The Morgan fingerprint density at radius 3 is 2.93 bits per heavy atom. The molecule has 0 spiro atoms. The highest BCUT2D eigenvalue weighted by atomic mass is 127. The molecule has 0 aliphatic carbocycles. The first-order valence-electron chi connectivity index (χ1n) is 9.73. The molecule has 1 atom stereocenters. The lowest BCUT2D eigenvalue weighted by Crippen LogP contribution is -2.46. The molecular weight excluding hydrogens is 495 g/mol. The van der Waals surface area contributed by atoms with Crippen molar-refractivity contribution in [3.05, 3.63) is 54.0 Å². The number of nitrogens with one attached hydrogen (secondary N) is 3. The number of aromatic nitrogens is 5. The van der Waals surface area contributed by atoms with Crippen LogP contribution in [-0.4, -0.2) is 50.9 Å². The molecule has 1 aromatic carbocycles. The van der Waals surface area contributed by atoms with Gasteiger partial charge in [0.15, 0.2) is 11.8 Å². The fraction of sp³-hybridized carbons (Fsp3) is 0.400. The van der Waals surface area contributed by atoms with Crippen molar-refractivity contribution in [1.82, 2.24) is 35.4 Å². The lowest BCUT2D eigenvalue weighted by molar-refractivity contribution is 0.177. The van der Waals surface area contributed by atoms with Gasteiger partial charge in [-0.3, -0.25) is 4.99 Å². The third kappa shape index (κ3) is 5.36. The van der Waals surface area contributed by atoms with E-state index in [-0.39, 0.29) is 30.0 Å². The van der Waals surface area contributed by atoms with Crippen molar-refractivity contribution in [2.45, 2.75) is 38.6 Å². The quantitative estimate of drug-likeness (QED) is 0.260. The molecule has 0 saturated carbocycles. The second-order valence-corrected chi connectivity index (χ2v) is 6.97. The fourth-order valence-electron chi connectivity index (χ4n) is 3.44. The number of benzene rings is 1. The van der Waals surface area contributed by atoms with E-state index < -0.39 is 0 Å². The summed E-state index contributed by atoms with van der Waals surface area (Å²) < 4.78 is 7.09. The number of fused-ring (bicyclic) bond motifs is 1. The summed E-state index contributed by atoms with van der Waals surface area (Å²) in [6, 6.07) is 10.4. The Morgan fingerprint density at radius 2 is 2.17 bits per heavy atom. The Morgan fingerprint density at radius 1 is 1.33 bits per heavy atom. The maximum atomic E-state index is 5.13. The number of aryl methyl sites for hydroxylation is 1. The zero-order valence-electron chi connectivity index (χ0n) is 17.1. The van der Waals surface area contributed by atoms with Gasteiger partial charge in [0.2, 0.25) is 0 Å². The van der Waals surface area contributed by atoms with Crippen LogP contribution in [0.4, 0.5) is 0 Å². The van der Waals surface area contributed by atoms with E-state index >= 15 is 0 Å². The second-order valence-electron chi connectivity index (χ2n) is 6.97. The lowest BCUT2D eigenvalue weighted by atomic mass is 10.1. The van der Waals surface area contributed by atoms with Crippen LogP contribution in [-0.2, 0) is 30.9 Å². The van der Waals surface area contributed by atoms with Crippen LogP contribution in [0.2, 0.25) is 0 Å². The second kappa shape index (κ2) is 10.5. The highest BCUT2D eigenvalue weighted by Crippen LogP contribution is 2.16. The van der Waals surface area contributed by atoms with Crippen LogP contribution in [0, 0.1) is 0 Å². The number of rotatable bonds is 6. The van der Waals surface area contributed by atoms with E-state index in [0.29, 0.717) is 13.2 Å². The summed E-state index contributed by atoms with van der Waals surface area (Å²) >= 11 is 0. The maximum absolute atomic E-state index is 5.13. The minimum atomic E-state index is 0. The Labute approximate surface area is 192 Å². The van der Waals surface area contributed by atoms with Crippen molar-refractivity contribution < 1.29 is 4.74 Å². The van der Waals surface area contributed by atoms with Crippen molar-refractivity contribution >= 4 is 29.9 Å². The lowest BCUT2D eigenvalue weighted by Gasteiger charge is -2.25. The zero-order valence-corrected chi connectivity index (χ0v) is 19.5. The number of H-pyrrole nitrogens is 1. The van der Waals surface area contributed by atoms with Crippen LogP contribution in [0.3, 0.4) is 0 Å². The first kappa shape index (κ1) is 22.2. The molecule has 3 aromatic rings. The van der Waals surface area contributed by atoms with Gasteiger partial charge in [0, 0.05) is 26.6 Å². The van der Waals surface area contributed by atoms with Gasteiger partial charge < -0.3 is 20.4 Å². The molecule has 3 heterocycles. The van der Waals surface area contributed by atoms with Crippen molar-refractivity contribution in [2.24, 2.45) is 4.99 Å². The number of ether oxygens (including phenoxy) is 1. The molecule has 4 rings (SSSR count). The van der Waals surface area contributed by atoms with E-state index in [1.165, 1.54) is 0 Å². The molecule has 1 unspecified atom stereocenters. The van der Waals surface area contributed by atoms with Crippen LogP contribution in [0.1, 0.15) is 23.9 Å². The standard InChI is InChI=1S/C20H26N8O.HI/c1-21-20(23-11-17-22-10-16(25-17)14-6-4-3-5-7-14)24-15-8-9-19-26-18(13-29-2)27-28(19)12-15;/h3-7,10,15H,8-9,11-13H2,1-2H3,(H,22,25)(H2,21,23,24);1H. The molecule has 3 N–H and O–H groups in total. The van der Waals surface area contributed by atoms with Crippen LogP contribution < -0.4 is 10.6 Å². The van der Waals surface area contributed by atoms with Gasteiger partial charge >= 0.3 is 0 Å². The van der Waals surface area contributed by atoms with Crippen molar-refractivity contribution in [3.8, 4) is 11.3 Å². The smallest absolute Gasteiger partial charge is 0.191 e. The van der Waals surface area contributed by atoms with Gasteiger partial charge in [-0.2, -0.15) is 5.10 Å². The Hall–Kier alpha value is -2.47. The Kier molecular flexibility index (Phi) is 7.80. The summed E-state index contributed by atoms with van der Waals surface area (Å²) in [6.45, 7) is 1.76. The monoisotopic (exact) mass is 522 g/mol. The molecule has 0 saturated heterocycles. The molecule has 30 heavy (non-hydrogen) atoms. The van der Waals surface area contributed by atoms with Gasteiger partial charge in [0.05, 0.1) is 25.0 Å². The predicted molar refractivity (Wildman–Crippen MR) is 126 cm³/mol. The average molecular weight is 522 g/mol. The number of imidazole rings is 1. The van der Waals surface area contributed by atoms with E-state index in [4.69, 9.17) is 4.74 Å². The zero-order chi connectivity index (χ0) is 20.1. The minimum Gasteiger partial charge on any atom is -0.377 e. The molecule has 10 heteroatoms. The average Bonchev–Trinajstić information content (AvgIpc) is 3.38. The van der Waals surface area contributed by atoms with Gasteiger partial charge in [-0.1, -0.05) is 30.3 Å². The first-order valence-corrected chi connectivity index (χ1v) is 9.73. The van der Waals surface area contributed by atoms with Gasteiger partial charge in [-0.15, -0.1) is 24.0 Å². The largest absolute Gasteiger partial charge is 0.377 e. The molecule has 1 aliphatic heterocycles. The van der Waals surface area contributed by atoms with Crippen molar-refractivity contribution in [3.63, 3.8) is 0 Å². The SMILES string of the molecule is CN=C(NCc1ncc(-c2ccccc2)[nH]1)NC1CCc2nc(COC)nn2C1.I. The molecule has 0 fully saturated rings. The summed E-state index contributed by atoms with van der Waals surface area (Å²) in [5, 5.41) is 11.3. The number of nitrogens with zero attached hydrogens (tertiary/aromatic N) is 5. The van der Waals surface area contributed by atoms with Gasteiger partial charge in [0.1, 0.15) is 18.3 Å². The molecular formula is C20H27IN8O. The molecule has 160 valence electrons. The number of methoxy groups -OCH3 is 1. The topological polar surface area (TPSA) is 105 Å². The van der Waals surface area contributed by atoms with Gasteiger partial charge in [0.25, 0.3) is 0 Å². The molecule has 0 bridgehead atoms. The summed E-state index contributed by atoms with van der Waals surface area (Å²) in [6.07, 6.45) is 3.71. The van der Waals surface area contributed by atoms with E-state index in [1.54, 1.807) is 14.2 Å². The molecule has 9 nitrogen and oxygen atoms in total. The van der Waals surface area contributed by atoms with Crippen LogP contribution in [0.25, 0.3) is 11.3 Å². The minimum absolute atomic E-state index is 0. The highest BCUT2D eigenvalue weighted by molar-refractivity contribution is 14.0. The first-order chi connectivity index (χ1) is 14.2. The Bertz CT molecular complexity index is 968. The molecule has 2 aromatic heterocycles. The highest BCUT2D eigenvalue weighted by Gasteiger charge is 2.22. The van der Waals surface area contributed by atoms with E-state index in [9.17, 15) is 0 Å². The van der Waals surface area contributed by atoms with E-state index in [1.807, 2.05) is 29.1 Å². The summed E-state index contributed by atoms with van der Waals surface area (Å²) in [5.74, 6) is 3.35. The maximum Gasteiger partial charge on any atom is 0.191 e. The van der Waals surface area contributed by atoms with Gasteiger partial charge in [-0.25, -0.2) is 14.6 Å². The molecule has 0 radical (unpaired) electrons. The van der Waals surface area contributed by atoms with E-state index in [0.717, 1.165) is 54.1 Å². The predicted octanol–water partition coefficient (Wildman–Crippen LogP) is 2.11. The van der Waals surface area contributed by atoms with Crippen molar-refractivity contribution in [2.75, 3.05) is 14.2 Å². The number of halogens is 1. The van der Waals surface area contributed by atoms with E-state index in [2.05, 4.69) is 47.8 Å². The number of hydrogen-bond acceptors (Lipinski definition) is 5. The summed E-state index contributed by atoms with van der Waals surface area (Å²) in [4.78, 5) is 16.7. The normalized spacial score (nSPS) is 15.9. The number of aromatic amines is 1. The molecule has 0 amide bonds. The third-order valence-electron chi connectivity index (χ3n) is 4.88. The van der Waals surface area contributed by atoms with Crippen LogP contribution >= 0.6 is 24.0 Å². The van der Waals surface area contributed by atoms with Crippen molar-refractivity contribution in [1.29, 1.82) is 0 Å².